The lowest BCUT2D eigenvalue weighted by Crippen LogP contribution is -2.35. The van der Waals surface area contributed by atoms with Crippen LogP contribution >= 0.6 is 0 Å². The van der Waals surface area contributed by atoms with Gasteiger partial charge >= 0.3 is 0 Å². The number of nitrogens with one attached hydrogen (secondary N) is 1. The van der Waals surface area contributed by atoms with Crippen LogP contribution in [0.4, 0.5) is 0 Å². The van der Waals surface area contributed by atoms with Crippen LogP contribution < -0.4 is 4.72 Å². The quantitative estimate of drug-likeness (QED) is 0.806. The van der Waals surface area contributed by atoms with Gasteiger partial charge in [0.05, 0.1) is 9.79 Å². The topological polar surface area (TPSA) is 83.5 Å². The van der Waals surface area contributed by atoms with Gasteiger partial charge in [0.1, 0.15) is 0 Å². The van der Waals surface area contributed by atoms with Gasteiger partial charge < -0.3 is 0 Å². The summed E-state index contributed by atoms with van der Waals surface area (Å²) in [5.74, 6) is 0. The highest BCUT2D eigenvalue weighted by Gasteiger charge is 2.29. The van der Waals surface area contributed by atoms with Gasteiger partial charge in [0, 0.05) is 19.1 Å². The summed E-state index contributed by atoms with van der Waals surface area (Å²) in [5.41, 5.74) is 2.17. The molecule has 2 aromatic carbocycles. The van der Waals surface area contributed by atoms with Crippen molar-refractivity contribution in [2.24, 2.45) is 0 Å². The van der Waals surface area contributed by atoms with E-state index in [-0.39, 0.29) is 15.8 Å². The zero-order valence-corrected chi connectivity index (χ0v) is 17.2. The molecule has 0 radical (unpaired) electrons. The first-order chi connectivity index (χ1) is 13.4. The van der Waals surface area contributed by atoms with E-state index in [9.17, 15) is 16.8 Å². The summed E-state index contributed by atoms with van der Waals surface area (Å²) >= 11 is 0. The van der Waals surface area contributed by atoms with Crippen LogP contribution in [0.15, 0.2) is 58.3 Å². The molecule has 0 saturated carbocycles. The minimum Gasteiger partial charge on any atom is -0.207 e. The fourth-order valence-electron chi connectivity index (χ4n) is 3.98. The number of hydrogen-bond acceptors (Lipinski definition) is 4. The van der Waals surface area contributed by atoms with Crippen LogP contribution in [0.5, 0.6) is 0 Å². The second-order valence-corrected chi connectivity index (χ2v) is 11.0. The van der Waals surface area contributed by atoms with Gasteiger partial charge in [0.2, 0.25) is 20.0 Å². The molecule has 2 aliphatic rings. The van der Waals surface area contributed by atoms with Gasteiger partial charge in [-0.25, -0.2) is 21.6 Å². The van der Waals surface area contributed by atoms with Gasteiger partial charge in [-0.05, 0) is 61.1 Å². The van der Waals surface area contributed by atoms with Crippen molar-refractivity contribution < 1.29 is 16.8 Å². The highest BCUT2D eigenvalue weighted by Crippen LogP contribution is 2.32. The van der Waals surface area contributed by atoms with Crippen molar-refractivity contribution in [3.05, 3.63) is 59.7 Å². The van der Waals surface area contributed by atoms with Gasteiger partial charge in [-0.2, -0.15) is 4.31 Å². The molecule has 2 aromatic rings. The van der Waals surface area contributed by atoms with E-state index >= 15 is 0 Å². The van der Waals surface area contributed by atoms with Crippen molar-refractivity contribution in [1.82, 2.24) is 9.03 Å². The van der Waals surface area contributed by atoms with Crippen LogP contribution in [0, 0.1) is 0 Å². The SMILES string of the molecule is O=S(=O)(NC1CCc2ccccc21)c1ccc(S(=O)(=O)N2CCCCC2)cc1. The predicted octanol–water partition coefficient (Wildman–Crippen LogP) is 2.83. The molecule has 0 amide bonds. The molecule has 28 heavy (non-hydrogen) atoms. The number of rotatable bonds is 5. The van der Waals surface area contributed by atoms with Gasteiger partial charge in [-0.3, -0.25) is 0 Å². The maximum Gasteiger partial charge on any atom is 0.243 e. The van der Waals surface area contributed by atoms with E-state index < -0.39 is 20.0 Å². The Labute approximate surface area is 166 Å². The zero-order chi connectivity index (χ0) is 19.8. The van der Waals surface area contributed by atoms with Crippen LogP contribution in [-0.4, -0.2) is 34.2 Å². The molecule has 1 atom stereocenters. The lowest BCUT2D eigenvalue weighted by Gasteiger charge is -2.25. The number of aryl methyl sites for hydroxylation is 1. The van der Waals surface area contributed by atoms with E-state index in [1.165, 1.54) is 28.6 Å². The van der Waals surface area contributed by atoms with Crippen LogP contribution in [0.2, 0.25) is 0 Å². The summed E-state index contributed by atoms with van der Waals surface area (Å²) in [6.07, 6.45) is 4.33. The molecule has 1 fully saturated rings. The monoisotopic (exact) mass is 420 g/mol. The first-order valence-electron chi connectivity index (χ1n) is 9.58. The van der Waals surface area contributed by atoms with Gasteiger partial charge in [0.25, 0.3) is 0 Å². The van der Waals surface area contributed by atoms with E-state index in [2.05, 4.69) is 4.72 Å². The molecule has 1 heterocycles. The molecular weight excluding hydrogens is 396 g/mol. The molecule has 4 rings (SSSR count). The normalized spacial score (nSPS) is 20.8. The number of hydrogen-bond donors (Lipinski definition) is 1. The Hall–Kier alpha value is -1.74. The van der Waals surface area contributed by atoms with E-state index in [1.54, 1.807) is 0 Å². The largest absolute Gasteiger partial charge is 0.243 e. The highest BCUT2D eigenvalue weighted by molar-refractivity contribution is 7.89. The molecule has 6 nitrogen and oxygen atoms in total. The van der Waals surface area contributed by atoms with E-state index in [0.717, 1.165) is 43.2 Å². The molecule has 1 unspecified atom stereocenters. The Morgan fingerprint density at radius 1 is 0.821 bits per heavy atom. The summed E-state index contributed by atoms with van der Waals surface area (Å²) < 4.78 is 55.3. The van der Waals surface area contributed by atoms with E-state index in [4.69, 9.17) is 0 Å². The van der Waals surface area contributed by atoms with Gasteiger partial charge in [0.15, 0.2) is 0 Å². The first kappa shape index (κ1) is 19.6. The van der Waals surface area contributed by atoms with Gasteiger partial charge in [-0.1, -0.05) is 30.7 Å². The molecule has 150 valence electrons. The third-order valence-electron chi connectivity index (χ3n) is 5.52. The maximum absolute atomic E-state index is 12.8. The highest BCUT2D eigenvalue weighted by atomic mass is 32.2. The minimum absolute atomic E-state index is 0.0782. The summed E-state index contributed by atoms with van der Waals surface area (Å²) in [5, 5.41) is 0. The third kappa shape index (κ3) is 3.74. The predicted molar refractivity (Wildman–Crippen MR) is 107 cm³/mol. The number of benzene rings is 2. The first-order valence-corrected chi connectivity index (χ1v) is 12.5. The number of piperidine rings is 1. The summed E-state index contributed by atoms with van der Waals surface area (Å²) in [7, 11) is -7.30. The van der Waals surface area contributed by atoms with Crippen LogP contribution in [0.1, 0.15) is 42.9 Å². The van der Waals surface area contributed by atoms with Crippen LogP contribution in [0.3, 0.4) is 0 Å². The van der Waals surface area contributed by atoms with E-state index in [0.29, 0.717) is 13.1 Å². The molecule has 1 saturated heterocycles. The molecular formula is C20H24N2O4S2. The smallest absolute Gasteiger partial charge is 0.207 e. The Morgan fingerprint density at radius 3 is 2.18 bits per heavy atom. The Morgan fingerprint density at radius 2 is 1.46 bits per heavy atom. The van der Waals surface area contributed by atoms with Crippen molar-refractivity contribution in [2.75, 3.05) is 13.1 Å². The third-order valence-corrected chi connectivity index (χ3v) is 8.92. The average Bonchev–Trinajstić information content (AvgIpc) is 3.11. The fraction of sp³-hybridized carbons (Fsp3) is 0.400. The summed E-state index contributed by atoms with van der Waals surface area (Å²) in [6.45, 7) is 1.04. The molecule has 1 aliphatic heterocycles. The number of sulfonamides is 2. The summed E-state index contributed by atoms with van der Waals surface area (Å²) in [6, 6.07) is 13.1. The molecule has 1 N–H and O–H groups in total. The second kappa shape index (κ2) is 7.59. The minimum atomic E-state index is -3.73. The lowest BCUT2D eigenvalue weighted by molar-refractivity contribution is 0.346. The Kier molecular flexibility index (Phi) is 5.30. The zero-order valence-electron chi connectivity index (χ0n) is 15.5. The van der Waals surface area contributed by atoms with Crippen molar-refractivity contribution in [2.45, 2.75) is 47.9 Å². The van der Waals surface area contributed by atoms with Crippen LogP contribution in [0.25, 0.3) is 0 Å². The Bertz CT molecular complexity index is 1060. The Balaban J connectivity index is 1.53. The van der Waals surface area contributed by atoms with Crippen LogP contribution in [-0.2, 0) is 26.5 Å². The standard InChI is InChI=1S/C20H24N2O4S2/c23-27(24,21-20-13-8-16-6-2-3-7-19(16)20)17-9-11-18(12-10-17)28(25,26)22-14-4-1-5-15-22/h2-3,6-7,9-12,20-21H,1,4-5,8,13-15H2. The van der Waals surface area contributed by atoms with E-state index in [1.807, 2.05) is 24.3 Å². The molecule has 1 aliphatic carbocycles. The fourth-order valence-corrected chi connectivity index (χ4v) is 6.75. The number of fused-ring (bicyclic) bond motifs is 1. The van der Waals surface area contributed by atoms with Crippen molar-refractivity contribution in [3.63, 3.8) is 0 Å². The lowest BCUT2D eigenvalue weighted by atomic mass is 10.1. The molecule has 0 aromatic heterocycles. The molecule has 0 spiro atoms. The summed E-state index contributed by atoms with van der Waals surface area (Å²) in [4.78, 5) is 0.217. The average molecular weight is 421 g/mol. The maximum atomic E-state index is 12.8. The van der Waals surface area contributed by atoms with Crippen molar-refractivity contribution in [1.29, 1.82) is 0 Å². The van der Waals surface area contributed by atoms with Gasteiger partial charge in [-0.15, -0.1) is 0 Å². The van der Waals surface area contributed by atoms with Crippen molar-refractivity contribution >= 4 is 20.0 Å². The van der Waals surface area contributed by atoms with Crippen molar-refractivity contribution in [3.8, 4) is 0 Å². The second-order valence-electron chi connectivity index (χ2n) is 7.35. The molecule has 8 heteroatoms. The molecule has 0 bridgehead atoms. The number of nitrogens with zero attached hydrogens (tertiary/aromatic N) is 1.